The van der Waals surface area contributed by atoms with Gasteiger partial charge in [0.1, 0.15) is 17.7 Å². The number of benzene rings is 2. The summed E-state index contributed by atoms with van der Waals surface area (Å²) in [6.45, 7) is 3.90. The van der Waals surface area contributed by atoms with E-state index in [2.05, 4.69) is 6.58 Å². The van der Waals surface area contributed by atoms with Crippen LogP contribution in [0.15, 0.2) is 78.4 Å². The molecule has 0 saturated carbocycles. The highest BCUT2D eigenvalue weighted by molar-refractivity contribution is 5.90. The standard InChI is InChI=1S/C22H18N2O2/c1-16(22(25)26-2)20(17-9-5-3-6-10-17)13-21(19(14-23)15-24)18-11-7-4-8-12-18/h3-12,20H,1,13H2,2H3/t20-/m0/s1. The van der Waals surface area contributed by atoms with Gasteiger partial charge in [-0.1, -0.05) is 67.2 Å². The van der Waals surface area contributed by atoms with Crippen molar-refractivity contribution >= 4 is 11.5 Å². The summed E-state index contributed by atoms with van der Waals surface area (Å²) in [5.41, 5.74) is 2.52. The Morgan fingerprint density at radius 1 is 1.04 bits per heavy atom. The molecule has 26 heavy (non-hydrogen) atoms. The molecule has 0 saturated heterocycles. The quantitative estimate of drug-likeness (QED) is 0.443. The second kappa shape index (κ2) is 9.01. The van der Waals surface area contributed by atoms with Gasteiger partial charge in [-0.15, -0.1) is 0 Å². The van der Waals surface area contributed by atoms with Gasteiger partial charge in [0.25, 0.3) is 0 Å². The molecule has 2 rings (SSSR count). The third-order valence-electron chi connectivity index (χ3n) is 4.13. The molecule has 0 unspecified atom stereocenters. The van der Waals surface area contributed by atoms with Crippen molar-refractivity contribution < 1.29 is 9.53 Å². The molecular formula is C22H18N2O2. The van der Waals surface area contributed by atoms with Gasteiger partial charge in [0.15, 0.2) is 0 Å². The van der Waals surface area contributed by atoms with Gasteiger partial charge in [0.2, 0.25) is 0 Å². The average Bonchev–Trinajstić information content (AvgIpc) is 2.71. The smallest absolute Gasteiger partial charge is 0.333 e. The maximum Gasteiger partial charge on any atom is 0.333 e. The highest BCUT2D eigenvalue weighted by Crippen LogP contribution is 2.35. The van der Waals surface area contributed by atoms with Gasteiger partial charge in [0, 0.05) is 11.5 Å². The summed E-state index contributed by atoms with van der Waals surface area (Å²) in [7, 11) is 1.31. The Balaban J connectivity index is 2.56. The topological polar surface area (TPSA) is 73.9 Å². The SMILES string of the molecule is C=C(C(=O)OC)[C@H](CC(=C(C#N)C#N)c1ccccc1)c1ccccc1. The van der Waals surface area contributed by atoms with Crippen LogP contribution in [0.25, 0.3) is 5.57 Å². The number of esters is 1. The molecule has 0 fully saturated rings. The maximum absolute atomic E-state index is 12.1. The van der Waals surface area contributed by atoms with E-state index in [1.165, 1.54) is 7.11 Å². The highest BCUT2D eigenvalue weighted by Gasteiger charge is 2.25. The average molecular weight is 342 g/mol. The van der Waals surface area contributed by atoms with E-state index in [-0.39, 0.29) is 11.1 Å². The lowest BCUT2D eigenvalue weighted by atomic mass is 9.83. The second-order valence-corrected chi connectivity index (χ2v) is 5.63. The largest absolute Gasteiger partial charge is 0.466 e. The first kappa shape index (κ1) is 18.7. The minimum absolute atomic E-state index is 0.0230. The first-order chi connectivity index (χ1) is 12.6. The van der Waals surface area contributed by atoms with Crippen LogP contribution >= 0.6 is 0 Å². The van der Waals surface area contributed by atoms with Gasteiger partial charge >= 0.3 is 5.97 Å². The van der Waals surface area contributed by atoms with Crippen molar-refractivity contribution in [1.29, 1.82) is 10.5 Å². The molecule has 4 heteroatoms. The molecule has 0 bridgehead atoms. The number of carbonyl (C=O) groups is 1. The number of nitriles is 2. The number of methoxy groups -OCH3 is 1. The predicted octanol–water partition coefficient (Wildman–Crippen LogP) is 4.39. The summed E-state index contributed by atoms with van der Waals surface area (Å²) in [5, 5.41) is 18.8. The molecule has 4 nitrogen and oxygen atoms in total. The molecule has 0 N–H and O–H groups in total. The molecule has 0 aromatic heterocycles. The van der Waals surface area contributed by atoms with E-state index in [1.807, 2.05) is 72.8 Å². The molecule has 1 atom stereocenters. The summed E-state index contributed by atoms with van der Waals surface area (Å²) in [6.07, 6.45) is 0.290. The van der Waals surface area contributed by atoms with Gasteiger partial charge in [-0.2, -0.15) is 10.5 Å². The van der Waals surface area contributed by atoms with Crippen LogP contribution in [0.2, 0.25) is 0 Å². The summed E-state index contributed by atoms with van der Waals surface area (Å²) < 4.78 is 4.83. The van der Waals surface area contributed by atoms with Crippen LogP contribution in [0.5, 0.6) is 0 Å². The van der Waals surface area contributed by atoms with Crippen molar-refractivity contribution in [3.8, 4) is 12.1 Å². The molecule has 0 heterocycles. The van der Waals surface area contributed by atoms with E-state index in [0.29, 0.717) is 12.0 Å². The van der Waals surface area contributed by atoms with Crippen LogP contribution in [-0.2, 0) is 9.53 Å². The fourth-order valence-corrected chi connectivity index (χ4v) is 2.77. The Bertz CT molecular complexity index is 885. The molecule has 2 aromatic carbocycles. The van der Waals surface area contributed by atoms with E-state index in [1.54, 1.807) is 0 Å². The Morgan fingerprint density at radius 2 is 1.58 bits per heavy atom. The Morgan fingerprint density at radius 3 is 2.08 bits per heavy atom. The van der Waals surface area contributed by atoms with Crippen molar-refractivity contribution in [1.82, 2.24) is 0 Å². The van der Waals surface area contributed by atoms with Crippen molar-refractivity contribution in [2.24, 2.45) is 0 Å². The van der Waals surface area contributed by atoms with Crippen LogP contribution in [-0.4, -0.2) is 13.1 Å². The Kier molecular flexibility index (Phi) is 6.48. The van der Waals surface area contributed by atoms with Crippen LogP contribution < -0.4 is 0 Å². The van der Waals surface area contributed by atoms with Gasteiger partial charge < -0.3 is 4.74 Å². The molecule has 128 valence electrons. The molecule has 2 aromatic rings. The molecule has 0 aliphatic rings. The normalized spacial score (nSPS) is 10.7. The Hall–Kier alpha value is -3.63. The molecular weight excluding hydrogens is 324 g/mol. The number of ether oxygens (including phenoxy) is 1. The predicted molar refractivity (Wildman–Crippen MR) is 99.5 cm³/mol. The van der Waals surface area contributed by atoms with E-state index < -0.39 is 11.9 Å². The van der Waals surface area contributed by atoms with E-state index in [9.17, 15) is 15.3 Å². The third-order valence-corrected chi connectivity index (χ3v) is 4.13. The van der Waals surface area contributed by atoms with Gasteiger partial charge in [-0.3, -0.25) is 0 Å². The molecule has 0 radical (unpaired) electrons. The lowest BCUT2D eigenvalue weighted by Crippen LogP contribution is -2.13. The third kappa shape index (κ3) is 4.26. The zero-order chi connectivity index (χ0) is 18.9. The summed E-state index contributed by atoms with van der Waals surface area (Å²) >= 11 is 0. The van der Waals surface area contributed by atoms with Crippen molar-refractivity contribution in [3.63, 3.8) is 0 Å². The molecule has 0 aliphatic heterocycles. The van der Waals surface area contributed by atoms with Crippen LogP contribution in [0, 0.1) is 22.7 Å². The number of rotatable bonds is 6. The summed E-state index contributed by atoms with van der Waals surface area (Å²) in [5.74, 6) is -0.919. The minimum atomic E-state index is -0.512. The van der Waals surface area contributed by atoms with Crippen LogP contribution in [0.1, 0.15) is 23.5 Å². The number of hydrogen-bond donors (Lipinski definition) is 0. The second-order valence-electron chi connectivity index (χ2n) is 5.63. The number of nitrogens with zero attached hydrogens (tertiary/aromatic N) is 2. The van der Waals surface area contributed by atoms with Crippen molar-refractivity contribution in [2.75, 3.05) is 7.11 Å². The summed E-state index contributed by atoms with van der Waals surface area (Å²) in [4.78, 5) is 12.1. The lowest BCUT2D eigenvalue weighted by Gasteiger charge is -2.21. The lowest BCUT2D eigenvalue weighted by molar-refractivity contribution is -0.136. The monoisotopic (exact) mass is 342 g/mol. The fourth-order valence-electron chi connectivity index (χ4n) is 2.77. The van der Waals surface area contributed by atoms with Crippen molar-refractivity contribution in [3.05, 3.63) is 89.5 Å². The van der Waals surface area contributed by atoms with Crippen LogP contribution in [0.4, 0.5) is 0 Å². The Labute approximate surface area is 153 Å². The molecule has 0 spiro atoms. The van der Waals surface area contributed by atoms with Gasteiger partial charge in [-0.25, -0.2) is 4.79 Å². The van der Waals surface area contributed by atoms with E-state index in [4.69, 9.17) is 4.74 Å². The van der Waals surface area contributed by atoms with Gasteiger partial charge in [0.05, 0.1) is 7.11 Å². The number of carbonyl (C=O) groups excluding carboxylic acids is 1. The molecule has 0 amide bonds. The fraction of sp³-hybridized carbons (Fsp3) is 0.136. The maximum atomic E-state index is 12.1. The zero-order valence-corrected chi connectivity index (χ0v) is 14.5. The number of hydrogen-bond acceptors (Lipinski definition) is 4. The highest BCUT2D eigenvalue weighted by atomic mass is 16.5. The first-order valence-electron chi connectivity index (χ1n) is 8.03. The van der Waals surface area contributed by atoms with E-state index in [0.717, 1.165) is 11.1 Å². The van der Waals surface area contributed by atoms with Crippen molar-refractivity contribution in [2.45, 2.75) is 12.3 Å². The summed E-state index contributed by atoms with van der Waals surface area (Å²) in [6, 6.07) is 22.5. The van der Waals surface area contributed by atoms with Gasteiger partial charge in [-0.05, 0) is 23.1 Å². The number of allylic oxidation sites excluding steroid dienone is 2. The zero-order valence-electron chi connectivity index (χ0n) is 14.5. The first-order valence-corrected chi connectivity index (χ1v) is 8.03. The van der Waals surface area contributed by atoms with Crippen LogP contribution in [0.3, 0.4) is 0 Å². The molecule has 0 aliphatic carbocycles. The van der Waals surface area contributed by atoms with E-state index >= 15 is 0 Å². The minimum Gasteiger partial charge on any atom is -0.466 e.